The molecule has 1 aromatic rings. The van der Waals surface area contributed by atoms with E-state index < -0.39 is 0 Å². The molecule has 0 amide bonds. The van der Waals surface area contributed by atoms with Gasteiger partial charge in [0, 0.05) is 30.6 Å². The number of hydrogen-bond donors (Lipinski definition) is 0. The van der Waals surface area contributed by atoms with Crippen molar-refractivity contribution < 1.29 is 4.74 Å². The lowest BCUT2D eigenvalue weighted by atomic mass is 10.2. The molecule has 1 rings (SSSR count). The van der Waals surface area contributed by atoms with Crippen molar-refractivity contribution >= 4 is 11.6 Å². The molecule has 0 fully saturated rings. The second-order valence-corrected chi connectivity index (χ2v) is 6.24. The van der Waals surface area contributed by atoms with Crippen LogP contribution in [0.25, 0.3) is 0 Å². The van der Waals surface area contributed by atoms with Gasteiger partial charge in [0.15, 0.2) is 0 Å². The quantitative estimate of drug-likeness (QED) is 0.682. The van der Waals surface area contributed by atoms with E-state index in [4.69, 9.17) is 16.3 Å². The van der Waals surface area contributed by atoms with Gasteiger partial charge in [-0.05, 0) is 41.0 Å². The number of hydrogen-bond acceptors (Lipinski definition) is 4. The number of aromatic nitrogens is 2. The number of nitrogens with zero attached hydrogens (tertiary/aromatic N) is 3. The zero-order valence-electron chi connectivity index (χ0n) is 14.1. The summed E-state index contributed by atoms with van der Waals surface area (Å²) >= 11 is 6.16. The molecule has 21 heavy (non-hydrogen) atoms. The molecule has 4 nitrogen and oxygen atoms in total. The SMILES string of the molecule is CCCc1nc(Cl)c(C)c(OCCN(C(C)C)C(C)C)n1. The zero-order valence-corrected chi connectivity index (χ0v) is 14.9. The second-order valence-electron chi connectivity index (χ2n) is 5.88. The fourth-order valence-electron chi connectivity index (χ4n) is 2.35. The van der Waals surface area contributed by atoms with E-state index in [1.165, 1.54) is 0 Å². The predicted molar refractivity (Wildman–Crippen MR) is 88.2 cm³/mol. The van der Waals surface area contributed by atoms with Gasteiger partial charge >= 0.3 is 0 Å². The highest BCUT2D eigenvalue weighted by Crippen LogP contribution is 2.22. The lowest BCUT2D eigenvalue weighted by Crippen LogP contribution is -2.39. The third-order valence-corrected chi connectivity index (χ3v) is 3.84. The summed E-state index contributed by atoms with van der Waals surface area (Å²) in [5, 5.41) is 0.494. The van der Waals surface area contributed by atoms with Crippen molar-refractivity contribution in [3.8, 4) is 5.88 Å². The molecule has 0 unspecified atom stereocenters. The van der Waals surface area contributed by atoms with Crippen LogP contribution in [0.5, 0.6) is 5.88 Å². The molecule has 5 heteroatoms. The normalized spacial score (nSPS) is 11.7. The Morgan fingerprint density at radius 1 is 1.14 bits per heavy atom. The van der Waals surface area contributed by atoms with Crippen LogP contribution in [-0.4, -0.2) is 40.1 Å². The molecule has 0 aliphatic carbocycles. The molecule has 0 aliphatic rings. The zero-order chi connectivity index (χ0) is 16.0. The highest BCUT2D eigenvalue weighted by atomic mass is 35.5. The molecule has 0 saturated carbocycles. The van der Waals surface area contributed by atoms with Crippen LogP contribution in [-0.2, 0) is 6.42 Å². The summed E-state index contributed by atoms with van der Waals surface area (Å²) < 4.78 is 5.86. The van der Waals surface area contributed by atoms with E-state index >= 15 is 0 Å². The topological polar surface area (TPSA) is 38.2 Å². The molecular formula is C16H28ClN3O. The molecular weight excluding hydrogens is 286 g/mol. The van der Waals surface area contributed by atoms with Gasteiger partial charge in [-0.3, -0.25) is 4.90 Å². The number of ether oxygens (including phenoxy) is 1. The molecule has 0 aliphatic heterocycles. The van der Waals surface area contributed by atoms with Gasteiger partial charge in [0.2, 0.25) is 5.88 Å². The summed E-state index contributed by atoms with van der Waals surface area (Å²) in [6, 6.07) is 0.999. The average Bonchev–Trinajstić information content (AvgIpc) is 2.39. The summed E-state index contributed by atoms with van der Waals surface area (Å²) in [5.74, 6) is 1.37. The van der Waals surface area contributed by atoms with E-state index in [-0.39, 0.29) is 0 Å². The van der Waals surface area contributed by atoms with Gasteiger partial charge in [-0.1, -0.05) is 18.5 Å². The van der Waals surface area contributed by atoms with Crippen LogP contribution in [0.15, 0.2) is 0 Å². The Bertz CT molecular complexity index is 441. The van der Waals surface area contributed by atoms with Crippen molar-refractivity contribution in [3.63, 3.8) is 0 Å². The van der Waals surface area contributed by atoms with Gasteiger partial charge in [-0.15, -0.1) is 0 Å². The highest BCUT2D eigenvalue weighted by molar-refractivity contribution is 6.30. The standard InChI is InChI=1S/C16H28ClN3O/c1-7-8-14-18-15(17)13(6)16(19-14)21-10-9-20(11(2)3)12(4)5/h11-12H,7-10H2,1-6H3. The summed E-state index contributed by atoms with van der Waals surface area (Å²) in [7, 11) is 0. The molecule has 0 atom stereocenters. The van der Waals surface area contributed by atoms with Gasteiger partial charge < -0.3 is 4.74 Å². The summed E-state index contributed by atoms with van der Waals surface area (Å²) in [4.78, 5) is 11.2. The van der Waals surface area contributed by atoms with Crippen LogP contribution in [0.4, 0.5) is 0 Å². The van der Waals surface area contributed by atoms with Crippen LogP contribution in [0.2, 0.25) is 5.15 Å². The Hall–Kier alpha value is -0.870. The third kappa shape index (κ3) is 5.44. The minimum Gasteiger partial charge on any atom is -0.476 e. The molecule has 0 radical (unpaired) electrons. The second kappa shape index (κ2) is 8.54. The van der Waals surface area contributed by atoms with Gasteiger partial charge in [-0.2, -0.15) is 4.98 Å². The van der Waals surface area contributed by atoms with Gasteiger partial charge in [0.1, 0.15) is 17.6 Å². The van der Waals surface area contributed by atoms with E-state index in [0.717, 1.165) is 30.8 Å². The molecule has 0 saturated heterocycles. The van der Waals surface area contributed by atoms with Crippen LogP contribution in [0.3, 0.4) is 0 Å². The number of rotatable bonds is 8. The Kier molecular flexibility index (Phi) is 7.40. The summed E-state index contributed by atoms with van der Waals surface area (Å²) in [5.41, 5.74) is 0.817. The Morgan fingerprint density at radius 2 is 1.76 bits per heavy atom. The van der Waals surface area contributed by atoms with Gasteiger partial charge in [0.05, 0.1) is 0 Å². The summed E-state index contributed by atoms with van der Waals surface area (Å²) in [6.07, 6.45) is 1.81. The minimum absolute atomic E-state index is 0.494. The molecule has 0 spiro atoms. The maximum Gasteiger partial charge on any atom is 0.221 e. The van der Waals surface area contributed by atoms with Crippen molar-refractivity contribution in [1.82, 2.24) is 14.9 Å². The van der Waals surface area contributed by atoms with Crippen molar-refractivity contribution in [2.75, 3.05) is 13.2 Å². The van der Waals surface area contributed by atoms with E-state index in [2.05, 4.69) is 49.5 Å². The first kappa shape index (κ1) is 18.2. The first-order valence-corrected chi connectivity index (χ1v) is 8.16. The van der Waals surface area contributed by atoms with Crippen LogP contribution in [0.1, 0.15) is 52.4 Å². The average molecular weight is 314 g/mol. The van der Waals surface area contributed by atoms with Crippen molar-refractivity contribution in [2.24, 2.45) is 0 Å². The number of aryl methyl sites for hydroxylation is 1. The molecule has 0 aromatic carbocycles. The Morgan fingerprint density at radius 3 is 2.29 bits per heavy atom. The maximum atomic E-state index is 6.16. The lowest BCUT2D eigenvalue weighted by Gasteiger charge is -2.30. The maximum absolute atomic E-state index is 6.16. The first-order chi connectivity index (χ1) is 9.86. The summed E-state index contributed by atoms with van der Waals surface area (Å²) in [6.45, 7) is 14.3. The largest absolute Gasteiger partial charge is 0.476 e. The predicted octanol–water partition coefficient (Wildman–Crippen LogP) is 3.89. The lowest BCUT2D eigenvalue weighted by molar-refractivity contribution is 0.139. The first-order valence-electron chi connectivity index (χ1n) is 7.78. The van der Waals surface area contributed by atoms with Crippen LogP contribution < -0.4 is 4.74 Å². The fourth-order valence-corrected chi connectivity index (χ4v) is 2.53. The van der Waals surface area contributed by atoms with E-state index in [9.17, 15) is 0 Å². The van der Waals surface area contributed by atoms with Crippen molar-refractivity contribution in [2.45, 2.75) is 66.5 Å². The van der Waals surface area contributed by atoms with Crippen molar-refractivity contribution in [3.05, 3.63) is 16.5 Å². The van der Waals surface area contributed by atoms with Gasteiger partial charge in [0.25, 0.3) is 0 Å². The van der Waals surface area contributed by atoms with E-state index in [0.29, 0.717) is 29.7 Å². The smallest absolute Gasteiger partial charge is 0.221 e. The molecule has 120 valence electrons. The monoisotopic (exact) mass is 313 g/mol. The minimum atomic E-state index is 0.494. The molecule has 1 aromatic heterocycles. The molecule has 0 N–H and O–H groups in total. The van der Waals surface area contributed by atoms with Crippen LogP contribution >= 0.6 is 11.6 Å². The highest BCUT2D eigenvalue weighted by Gasteiger charge is 2.14. The third-order valence-electron chi connectivity index (χ3n) is 3.48. The fraction of sp³-hybridized carbons (Fsp3) is 0.750. The number of halogens is 1. The van der Waals surface area contributed by atoms with E-state index in [1.54, 1.807) is 0 Å². The van der Waals surface area contributed by atoms with Crippen LogP contribution in [0, 0.1) is 6.92 Å². The molecule has 0 bridgehead atoms. The van der Waals surface area contributed by atoms with Gasteiger partial charge in [-0.25, -0.2) is 4.98 Å². The Balaban J connectivity index is 2.70. The molecule has 1 heterocycles. The Labute approximate surface area is 133 Å². The van der Waals surface area contributed by atoms with E-state index in [1.807, 2.05) is 6.92 Å². The van der Waals surface area contributed by atoms with Crippen molar-refractivity contribution in [1.29, 1.82) is 0 Å².